The lowest BCUT2D eigenvalue weighted by molar-refractivity contribution is 0.0681. The fourth-order valence-electron chi connectivity index (χ4n) is 3.77. The predicted molar refractivity (Wildman–Crippen MR) is 100 cm³/mol. The summed E-state index contributed by atoms with van der Waals surface area (Å²) in [6, 6.07) is 5.85. The van der Waals surface area contributed by atoms with E-state index in [2.05, 4.69) is 20.3 Å². The van der Waals surface area contributed by atoms with Gasteiger partial charge in [0.05, 0.1) is 5.56 Å². The number of aromatic nitrogens is 3. The van der Waals surface area contributed by atoms with Crippen LogP contribution in [0.15, 0.2) is 36.8 Å². The first kappa shape index (κ1) is 17.0. The fourth-order valence-corrected chi connectivity index (χ4v) is 3.77. The highest BCUT2D eigenvalue weighted by atomic mass is 16.2. The highest BCUT2D eigenvalue weighted by Gasteiger charge is 2.24. The largest absolute Gasteiger partial charge is 0.354 e. The van der Waals surface area contributed by atoms with Crippen molar-refractivity contribution in [3.05, 3.63) is 42.4 Å². The Bertz CT molecular complexity index is 700. The first-order valence-electron chi connectivity index (χ1n) is 9.48. The molecule has 4 heterocycles. The molecule has 0 saturated carbocycles. The van der Waals surface area contributed by atoms with Crippen LogP contribution in [0.5, 0.6) is 0 Å². The van der Waals surface area contributed by atoms with E-state index in [1.54, 1.807) is 6.20 Å². The Morgan fingerprint density at radius 2 is 1.96 bits per heavy atom. The molecule has 4 rings (SSSR count). The molecule has 1 N–H and O–H groups in total. The zero-order valence-electron chi connectivity index (χ0n) is 15.0. The number of pyridine rings is 1. The Balaban J connectivity index is 1.31. The number of carbonyl (C=O) groups is 1. The summed E-state index contributed by atoms with van der Waals surface area (Å²) in [7, 11) is 0. The summed E-state index contributed by atoms with van der Waals surface area (Å²) in [5.41, 5.74) is 0.689. The van der Waals surface area contributed by atoms with E-state index >= 15 is 0 Å². The quantitative estimate of drug-likeness (QED) is 0.895. The van der Waals surface area contributed by atoms with Crippen molar-refractivity contribution in [1.82, 2.24) is 25.0 Å². The molecule has 7 nitrogen and oxygen atoms in total. The van der Waals surface area contributed by atoms with E-state index in [0.717, 1.165) is 64.5 Å². The van der Waals surface area contributed by atoms with Crippen molar-refractivity contribution in [2.45, 2.75) is 19.4 Å². The van der Waals surface area contributed by atoms with E-state index in [0.29, 0.717) is 11.5 Å². The highest BCUT2D eigenvalue weighted by molar-refractivity contribution is 5.94. The van der Waals surface area contributed by atoms with Gasteiger partial charge in [0.1, 0.15) is 5.82 Å². The fraction of sp³-hybridized carbons (Fsp3) is 0.526. The molecule has 0 unspecified atom stereocenters. The van der Waals surface area contributed by atoms with Gasteiger partial charge < -0.3 is 15.1 Å². The van der Waals surface area contributed by atoms with Crippen molar-refractivity contribution < 1.29 is 4.79 Å². The van der Waals surface area contributed by atoms with E-state index in [1.807, 2.05) is 40.2 Å². The smallest absolute Gasteiger partial charge is 0.255 e. The average Bonchev–Trinajstić information content (AvgIpc) is 3.22. The van der Waals surface area contributed by atoms with Crippen LogP contribution in [0.2, 0.25) is 0 Å². The molecule has 7 heteroatoms. The first-order valence-corrected chi connectivity index (χ1v) is 9.48. The average molecular weight is 354 g/mol. The Kier molecular flexibility index (Phi) is 5.15. The number of likely N-dealkylation sites (tertiary alicyclic amines) is 1. The lowest BCUT2D eigenvalue weighted by Crippen LogP contribution is -2.44. The molecule has 0 aliphatic carbocycles. The van der Waals surface area contributed by atoms with Crippen LogP contribution in [0.1, 0.15) is 23.2 Å². The van der Waals surface area contributed by atoms with E-state index < -0.39 is 0 Å². The summed E-state index contributed by atoms with van der Waals surface area (Å²) >= 11 is 0. The molecule has 2 fully saturated rings. The third-order valence-corrected chi connectivity index (χ3v) is 5.34. The number of rotatable bonds is 4. The van der Waals surface area contributed by atoms with Gasteiger partial charge in [0.2, 0.25) is 0 Å². The third-order valence-electron chi connectivity index (χ3n) is 5.34. The molecule has 2 aliphatic heterocycles. The second-order valence-electron chi connectivity index (χ2n) is 7.11. The molecule has 0 radical (unpaired) electrons. The normalized spacial score (nSPS) is 18.9. The number of nitrogens with zero attached hydrogens (tertiary/aromatic N) is 5. The van der Waals surface area contributed by atoms with E-state index in [-0.39, 0.29) is 5.91 Å². The van der Waals surface area contributed by atoms with Gasteiger partial charge in [-0.1, -0.05) is 0 Å². The van der Waals surface area contributed by atoms with Gasteiger partial charge in [-0.15, -0.1) is 0 Å². The molecule has 0 spiro atoms. The predicted octanol–water partition coefficient (Wildman–Crippen LogP) is 1.24. The van der Waals surface area contributed by atoms with Gasteiger partial charge in [0.25, 0.3) is 5.91 Å². The lowest BCUT2D eigenvalue weighted by atomic mass is 9.96. The Morgan fingerprint density at radius 3 is 2.62 bits per heavy atom. The van der Waals surface area contributed by atoms with Crippen molar-refractivity contribution in [2.24, 2.45) is 5.92 Å². The molecule has 0 atom stereocenters. The molecule has 2 saturated heterocycles. The van der Waals surface area contributed by atoms with Crippen molar-refractivity contribution >= 4 is 11.7 Å². The summed E-state index contributed by atoms with van der Waals surface area (Å²) in [5, 5.41) is 7.62. The lowest BCUT2D eigenvalue weighted by Gasteiger charge is -2.32. The number of carbonyl (C=O) groups excluding carboxylic acids is 1. The van der Waals surface area contributed by atoms with E-state index in [1.165, 1.54) is 0 Å². The summed E-state index contributed by atoms with van der Waals surface area (Å²) < 4.78 is 1.99. The molecule has 0 bridgehead atoms. The third kappa shape index (κ3) is 3.88. The van der Waals surface area contributed by atoms with Crippen LogP contribution in [-0.4, -0.2) is 64.8 Å². The van der Waals surface area contributed by atoms with Gasteiger partial charge in [-0.3, -0.25) is 9.48 Å². The van der Waals surface area contributed by atoms with Crippen molar-refractivity contribution in [1.29, 1.82) is 0 Å². The zero-order valence-corrected chi connectivity index (χ0v) is 15.0. The number of nitrogens with one attached hydrogen (secondary N) is 1. The van der Waals surface area contributed by atoms with Crippen LogP contribution in [-0.2, 0) is 6.54 Å². The monoisotopic (exact) mass is 354 g/mol. The maximum absolute atomic E-state index is 12.8. The van der Waals surface area contributed by atoms with Crippen LogP contribution in [0.3, 0.4) is 0 Å². The summed E-state index contributed by atoms with van der Waals surface area (Å²) in [6.07, 6.45) is 7.60. The van der Waals surface area contributed by atoms with Crippen LogP contribution < -0.4 is 10.2 Å². The topological polar surface area (TPSA) is 66.3 Å². The number of hydrogen-bond donors (Lipinski definition) is 1. The van der Waals surface area contributed by atoms with Crippen molar-refractivity contribution in [2.75, 3.05) is 44.2 Å². The summed E-state index contributed by atoms with van der Waals surface area (Å²) in [4.78, 5) is 21.5. The van der Waals surface area contributed by atoms with Crippen LogP contribution in [0, 0.1) is 5.92 Å². The zero-order chi connectivity index (χ0) is 17.8. The number of anilines is 1. The van der Waals surface area contributed by atoms with E-state index in [4.69, 9.17) is 0 Å². The van der Waals surface area contributed by atoms with Crippen LogP contribution >= 0.6 is 0 Å². The minimum absolute atomic E-state index is 0.0990. The molecule has 138 valence electrons. The first-order chi connectivity index (χ1) is 12.8. The molecular weight excluding hydrogens is 328 g/mol. The van der Waals surface area contributed by atoms with Gasteiger partial charge in [-0.25, -0.2) is 4.98 Å². The minimum Gasteiger partial charge on any atom is -0.354 e. The number of piperidine rings is 1. The molecule has 2 aliphatic rings. The minimum atomic E-state index is 0.0990. The SMILES string of the molecule is O=C(c1ccc(N2CCNCC2)nc1)N1CCC(Cn2cccn2)CC1. The maximum atomic E-state index is 12.8. The Hall–Kier alpha value is -2.41. The molecule has 1 amide bonds. The maximum Gasteiger partial charge on any atom is 0.255 e. The molecule has 2 aromatic rings. The number of amides is 1. The molecule has 26 heavy (non-hydrogen) atoms. The summed E-state index contributed by atoms with van der Waals surface area (Å²) in [6.45, 7) is 6.45. The second-order valence-corrected chi connectivity index (χ2v) is 7.11. The van der Waals surface area contributed by atoms with Crippen LogP contribution in [0.25, 0.3) is 0 Å². The molecule has 0 aromatic carbocycles. The number of piperazine rings is 1. The van der Waals surface area contributed by atoms with Gasteiger partial charge in [0, 0.05) is 64.4 Å². The van der Waals surface area contributed by atoms with Gasteiger partial charge >= 0.3 is 0 Å². The van der Waals surface area contributed by atoms with E-state index in [9.17, 15) is 4.79 Å². The second kappa shape index (κ2) is 7.86. The summed E-state index contributed by atoms with van der Waals surface area (Å²) in [5.74, 6) is 1.65. The van der Waals surface area contributed by atoms with Gasteiger partial charge in [-0.2, -0.15) is 5.10 Å². The van der Waals surface area contributed by atoms with Crippen molar-refractivity contribution in [3.63, 3.8) is 0 Å². The highest BCUT2D eigenvalue weighted by Crippen LogP contribution is 2.21. The molecule has 2 aromatic heterocycles. The van der Waals surface area contributed by atoms with Gasteiger partial charge in [0.15, 0.2) is 0 Å². The Morgan fingerprint density at radius 1 is 1.15 bits per heavy atom. The molecular formula is C19H26N6O. The van der Waals surface area contributed by atoms with Crippen LogP contribution in [0.4, 0.5) is 5.82 Å². The van der Waals surface area contributed by atoms with Crippen molar-refractivity contribution in [3.8, 4) is 0 Å². The Labute approximate surface area is 154 Å². The van der Waals surface area contributed by atoms with Gasteiger partial charge in [-0.05, 0) is 37.0 Å². The standard InChI is InChI=1S/C19H26N6O/c26-19(17-2-3-18(21-14-17)23-12-7-20-8-13-23)24-10-4-16(5-11-24)15-25-9-1-6-22-25/h1-3,6,9,14,16,20H,4-5,7-8,10-13,15H2. The number of hydrogen-bond acceptors (Lipinski definition) is 5.